The zero-order valence-corrected chi connectivity index (χ0v) is 8.62. The highest BCUT2D eigenvalue weighted by Crippen LogP contribution is 2.25. The Morgan fingerprint density at radius 3 is 2.54 bits per heavy atom. The number of halogens is 2. The summed E-state index contributed by atoms with van der Waals surface area (Å²) in [5.74, 6) is -0.532. The van der Waals surface area contributed by atoms with Gasteiger partial charge in [-0.15, -0.1) is 0 Å². The number of aliphatic hydroxyl groups excluding tert-OH is 2. The van der Waals surface area contributed by atoms with Crippen molar-refractivity contribution in [2.45, 2.75) is 19.1 Å². The van der Waals surface area contributed by atoms with Crippen LogP contribution in [0.5, 0.6) is 0 Å². The Hall–Kier alpha value is -0.450. The van der Waals surface area contributed by atoms with Crippen molar-refractivity contribution in [2.24, 2.45) is 0 Å². The van der Waals surface area contributed by atoms with E-state index >= 15 is 0 Å². The van der Waals surface area contributed by atoms with Crippen LogP contribution in [0.25, 0.3) is 0 Å². The summed E-state index contributed by atoms with van der Waals surface area (Å²) in [7, 11) is 0. The molecule has 0 aliphatic heterocycles. The quantitative estimate of drug-likeness (QED) is 0.841. The Balaban J connectivity index is 3.07. The molecule has 0 spiro atoms. The van der Waals surface area contributed by atoms with E-state index in [0.29, 0.717) is 0 Å². The molecule has 0 fully saturated rings. The smallest absolute Gasteiger partial charge is 0.143 e. The normalized spacial score (nSPS) is 15.5. The predicted octanol–water partition coefficient (Wildman–Crippen LogP) is 2.00. The Kier molecular flexibility index (Phi) is 3.41. The summed E-state index contributed by atoms with van der Waals surface area (Å²) >= 11 is 3.00. The molecule has 0 radical (unpaired) electrons. The van der Waals surface area contributed by atoms with E-state index in [4.69, 9.17) is 5.11 Å². The van der Waals surface area contributed by atoms with Gasteiger partial charge in [-0.2, -0.15) is 0 Å². The lowest BCUT2D eigenvalue weighted by Crippen LogP contribution is -2.15. The summed E-state index contributed by atoms with van der Waals surface area (Å²) in [6, 6.07) is 4.58. The third-order valence-corrected chi connectivity index (χ3v) is 2.37. The van der Waals surface area contributed by atoms with Crippen LogP contribution in [0.4, 0.5) is 4.39 Å². The van der Waals surface area contributed by atoms with Crippen LogP contribution in [0.2, 0.25) is 0 Å². The largest absolute Gasteiger partial charge is 0.390 e. The average Bonchev–Trinajstić information content (AvgIpc) is 2.08. The lowest BCUT2D eigenvalue weighted by Gasteiger charge is -2.14. The molecule has 72 valence electrons. The Morgan fingerprint density at radius 1 is 1.38 bits per heavy atom. The van der Waals surface area contributed by atoms with E-state index in [1.54, 1.807) is 6.07 Å². The van der Waals surface area contributed by atoms with Gasteiger partial charge in [-0.1, -0.05) is 12.1 Å². The van der Waals surface area contributed by atoms with Gasteiger partial charge in [0.15, 0.2) is 0 Å². The van der Waals surface area contributed by atoms with Crippen LogP contribution >= 0.6 is 15.9 Å². The van der Waals surface area contributed by atoms with Gasteiger partial charge in [-0.3, -0.25) is 0 Å². The summed E-state index contributed by atoms with van der Waals surface area (Å²) in [5.41, 5.74) is 0.101. The molecular formula is C9H10BrFO2. The van der Waals surface area contributed by atoms with Crippen LogP contribution in [0.3, 0.4) is 0 Å². The highest BCUT2D eigenvalue weighted by molar-refractivity contribution is 9.10. The molecule has 0 saturated heterocycles. The Labute approximate surface area is 84.1 Å². The van der Waals surface area contributed by atoms with Crippen LogP contribution in [0.1, 0.15) is 18.6 Å². The fourth-order valence-electron chi connectivity index (χ4n) is 1.01. The fraction of sp³-hybridized carbons (Fsp3) is 0.333. The van der Waals surface area contributed by atoms with Gasteiger partial charge in [-0.25, -0.2) is 4.39 Å². The van der Waals surface area contributed by atoms with E-state index in [2.05, 4.69) is 15.9 Å². The second kappa shape index (κ2) is 4.17. The number of aliphatic hydroxyl groups is 2. The lowest BCUT2D eigenvalue weighted by molar-refractivity contribution is 0.0282. The molecule has 4 heteroatoms. The van der Waals surface area contributed by atoms with Crippen LogP contribution in [-0.4, -0.2) is 16.3 Å². The first-order chi connectivity index (χ1) is 6.04. The minimum atomic E-state index is -1.18. The summed E-state index contributed by atoms with van der Waals surface area (Å²) < 4.78 is 13.6. The summed E-state index contributed by atoms with van der Waals surface area (Å²) in [4.78, 5) is 0. The van der Waals surface area contributed by atoms with Gasteiger partial charge < -0.3 is 10.2 Å². The third kappa shape index (κ3) is 2.27. The van der Waals surface area contributed by atoms with Gasteiger partial charge in [-0.05, 0) is 28.9 Å². The average molecular weight is 249 g/mol. The van der Waals surface area contributed by atoms with Crippen molar-refractivity contribution in [3.63, 3.8) is 0 Å². The maximum atomic E-state index is 13.3. The standard InChI is InChI=1S/C9H10BrFO2/c1-5(12)9(13)6-3-2-4-7(10)8(6)11/h2-5,9,12-13H,1H3. The maximum absolute atomic E-state index is 13.3. The van der Waals surface area contributed by atoms with Gasteiger partial charge in [0.1, 0.15) is 11.9 Å². The molecule has 0 aliphatic carbocycles. The predicted molar refractivity (Wildman–Crippen MR) is 50.7 cm³/mol. The van der Waals surface area contributed by atoms with Gasteiger partial charge in [0.2, 0.25) is 0 Å². The SMILES string of the molecule is CC(O)C(O)c1cccc(Br)c1F. The lowest BCUT2D eigenvalue weighted by atomic mass is 10.1. The van der Waals surface area contributed by atoms with Crippen molar-refractivity contribution in [1.29, 1.82) is 0 Å². The first kappa shape index (κ1) is 10.6. The van der Waals surface area contributed by atoms with Crippen LogP contribution in [-0.2, 0) is 0 Å². The Morgan fingerprint density at radius 2 is 2.00 bits per heavy atom. The summed E-state index contributed by atoms with van der Waals surface area (Å²) in [6.45, 7) is 1.41. The Bertz CT molecular complexity index is 302. The number of hydrogen-bond donors (Lipinski definition) is 2. The number of hydrogen-bond acceptors (Lipinski definition) is 2. The number of benzene rings is 1. The first-order valence-corrected chi connectivity index (χ1v) is 4.63. The highest BCUT2D eigenvalue weighted by atomic mass is 79.9. The molecule has 0 heterocycles. The van der Waals surface area contributed by atoms with Gasteiger partial charge in [0.25, 0.3) is 0 Å². The zero-order chi connectivity index (χ0) is 10.0. The van der Waals surface area contributed by atoms with E-state index in [-0.39, 0.29) is 10.0 Å². The topological polar surface area (TPSA) is 40.5 Å². The molecule has 0 amide bonds. The van der Waals surface area contributed by atoms with Crippen molar-refractivity contribution in [3.05, 3.63) is 34.1 Å². The van der Waals surface area contributed by atoms with Crippen LogP contribution in [0.15, 0.2) is 22.7 Å². The molecule has 0 aliphatic rings. The third-order valence-electron chi connectivity index (χ3n) is 1.76. The van der Waals surface area contributed by atoms with Gasteiger partial charge in [0.05, 0.1) is 10.6 Å². The second-order valence-corrected chi connectivity index (χ2v) is 3.68. The van der Waals surface area contributed by atoms with Crippen molar-refractivity contribution in [3.8, 4) is 0 Å². The van der Waals surface area contributed by atoms with Crippen molar-refractivity contribution in [2.75, 3.05) is 0 Å². The molecule has 2 nitrogen and oxygen atoms in total. The minimum Gasteiger partial charge on any atom is -0.390 e. The molecule has 2 atom stereocenters. The van der Waals surface area contributed by atoms with E-state index in [9.17, 15) is 9.50 Å². The highest BCUT2D eigenvalue weighted by Gasteiger charge is 2.18. The second-order valence-electron chi connectivity index (χ2n) is 2.83. The number of rotatable bonds is 2. The fourth-order valence-corrected chi connectivity index (χ4v) is 1.39. The first-order valence-electron chi connectivity index (χ1n) is 3.84. The molecule has 1 aromatic rings. The molecule has 2 unspecified atom stereocenters. The summed E-state index contributed by atoms with van der Waals surface area (Å²) in [6.07, 6.45) is -2.17. The zero-order valence-electron chi connectivity index (χ0n) is 7.04. The van der Waals surface area contributed by atoms with Crippen molar-refractivity contribution in [1.82, 2.24) is 0 Å². The van der Waals surface area contributed by atoms with E-state index in [0.717, 1.165) is 0 Å². The van der Waals surface area contributed by atoms with E-state index in [1.165, 1.54) is 19.1 Å². The molecule has 1 aromatic carbocycles. The molecule has 1 rings (SSSR count). The van der Waals surface area contributed by atoms with Gasteiger partial charge in [0, 0.05) is 5.56 Å². The van der Waals surface area contributed by atoms with E-state index in [1.807, 2.05) is 0 Å². The van der Waals surface area contributed by atoms with Crippen molar-refractivity contribution < 1.29 is 14.6 Å². The van der Waals surface area contributed by atoms with Gasteiger partial charge >= 0.3 is 0 Å². The maximum Gasteiger partial charge on any atom is 0.143 e. The van der Waals surface area contributed by atoms with E-state index < -0.39 is 18.0 Å². The monoisotopic (exact) mass is 248 g/mol. The molecule has 0 saturated carbocycles. The molecule has 2 N–H and O–H groups in total. The van der Waals surface area contributed by atoms with Crippen molar-refractivity contribution >= 4 is 15.9 Å². The minimum absolute atomic E-state index is 0.101. The molecule has 0 bridgehead atoms. The molecule has 0 aromatic heterocycles. The van der Waals surface area contributed by atoms with Crippen LogP contribution < -0.4 is 0 Å². The molecular weight excluding hydrogens is 239 g/mol. The van der Waals surface area contributed by atoms with Crippen LogP contribution in [0, 0.1) is 5.82 Å². The molecule has 13 heavy (non-hydrogen) atoms. The summed E-state index contributed by atoms with van der Waals surface area (Å²) in [5, 5.41) is 18.4.